The van der Waals surface area contributed by atoms with Gasteiger partial charge in [-0.2, -0.15) is 0 Å². The van der Waals surface area contributed by atoms with Crippen LogP contribution in [0.2, 0.25) is 0 Å². The molecule has 0 unspecified atom stereocenters. The summed E-state index contributed by atoms with van der Waals surface area (Å²) in [7, 11) is 0. The lowest BCUT2D eigenvalue weighted by Gasteiger charge is -1.91. The molecule has 1 aromatic rings. The molecule has 0 aliphatic rings. The average molecular weight is 119 g/mol. The summed E-state index contributed by atoms with van der Waals surface area (Å²) < 4.78 is 0. The van der Waals surface area contributed by atoms with Gasteiger partial charge in [0.2, 0.25) is 0 Å². The molecule has 2 N–H and O–H groups in total. The molecule has 3 heteroatoms. The third-order valence-electron chi connectivity index (χ3n) is 0.877. The zero-order chi connectivity index (χ0) is 6.69. The Morgan fingerprint density at radius 2 is 2.44 bits per heavy atom. The van der Waals surface area contributed by atoms with Gasteiger partial charge in [0.05, 0.1) is 11.9 Å². The molecule has 0 bridgehead atoms. The monoisotopic (exact) mass is 119 g/mol. The summed E-state index contributed by atoms with van der Waals surface area (Å²) in [6.45, 7) is 0. The molecule has 0 saturated heterocycles. The van der Waals surface area contributed by atoms with Crippen LogP contribution in [0.25, 0.3) is 0 Å². The fourth-order valence-corrected chi connectivity index (χ4v) is 0.461. The molecule has 0 aliphatic carbocycles. The predicted molar refractivity (Wildman–Crippen MR) is 34.4 cm³/mol. The van der Waals surface area contributed by atoms with Gasteiger partial charge in [-0.3, -0.25) is 0 Å². The molecule has 0 spiro atoms. The topological polar surface area (TPSA) is 51.8 Å². The van der Waals surface area contributed by atoms with Crippen LogP contribution in [0.15, 0.2) is 12.5 Å². The van der Waals surface area contributed by atoms with Gasteiger partial charge < -0.3 is 5.73 Å². The van der Waals surface area contributed by atoms with E-state index in [0.29, 0.717) is 11.4 Å². The van der Waals surface area contributed by atoms with Gasteiger partial charge in [0.15, 0.2) is 0 Å². The molecule has 44 valence electrons. The number of rotatable bonds is 0. The van der Waals surface area contributed by atoms with Crippen molar-refractivity contribution >= 4 is 5.69 Å². The second kappa shape index (κ2) is 2.14. The molecule has 1 aromatic heterocycles. The van der Waals surface area contributed by atoms with Gasteiger partial charge in [0.1, 0.15) is 12.0 Å². The van der Waals surface area contributed by atoms with Crippen LogP contribution in [0, 0.1) is 12.3 Å². The molecular formula is C6H5N3. The smallest absolute Gasteiger partial charge is 0.139 e. The largest absolute Gasteiger partial charge is 0.395 e. The summed E-state index contributed by atoms with van der Waals surface area (Å²) in [6.07, 6.45) is 7.87. The van der Waals surface area contributed by atoms with Crippen LogP contribution >= 0.6 is 0 Å². The van der Waals surface area contributed by atoms with Gasteiger partial charge in [-0.05, 0) is 5.92 Å². The summed E-state index contributed by atoms with van der Waals surface area (Å²) in [5.74, 6) is 2.32. The third kappa shape index (κ3) is 0.970. The van der Waals surface area contributed by atoms with Crippen LogP contribution in [0.4, 0.5) is 5.69 Å². The fraction of sp³-hybridized carbons (Fsp3) is 0. The van der Waals surface area contributed by atoms with Crippen molar-refractivity contribution in [2.24, 2.45) is 0 Å². The zero-order valence-electron chi connectivity index (χ0n) is 4.70. The van der Waals surface area contributed by atoms with Crippen LogP contribution < -0.4 is 5.73 Å². The van der Waals surface area contributed by atoms with Crippen LogP contribution in [-0.2, 0) is 0 Å². The molecule has 1 rings (SSSR count). The molecule has 0 atom stereocenters. The minimum Gasteiger partial charge on any atom is -0.395 e. The maximum atomic E-state index is 5.36. The van der Waals surface area contributed by atoms with Gasteiger partial charge in [-0.25, -0.2) is 9.97 Å². The first-order valence-electron chi connectivity index (χ1n) is 2.36. The van der Waals surface area contributed by atoms with E-state index in [9.17, 15) is 0 Å². The lowest BCUT2D eigenvalue weighted by Crippen LogP contribution is -1.93. The van der Waals surface area contributed by atoms with E-state index < -0.39 is 0 Å². The van der Waals surface area contributed by atoms with E-state index in [1.54, 1.807) is 0 Å². The molecule has 0 radical (unpaired) electrons. The summed E-state index contributed by atoms with van der Waals surface area (Å²) >= 11 is 0. The Kier molecular flexibility index (Phi) is 1.32. The van der Waals surface area contributed by atoms with Crippen molar-refractivity contribution < 1.29 is 0 Å². The number of nitrogens with zero attached hydrogens (tertiary/aromatic N) is 2. The minimum absolute atomic E-state index is 0.444. The Labute approximate surface area is 52.9 Å². The number of anilines is 1. The predicted octanol–water partition coefficient (Wildman–Crippen LogP) is 0.0401. The summed E-state index contributed by atoms with van der Waals surface area (Å²) in [6, 6.07) is 0. The molecule has 9 heavy (non-hydrogen) atoms. The second-order valence-electron chi connectivity index (χ2n) is 1.47. The first-order chi connectivity index (χ1) is 4.34. The maximum absolute atomic E-state index is 5.36. The van der Waals surface area contributed by atoms with Crippen molar-refractivity contribution in [3.63, 3.8) is 0 Å². The number of nitrogens with two attached hydrogens (primary N) is 1. The Morgan fingerprint density at radius 3 is 2.89 bits per heavy atom. The Balaban J connectivity index is 3.20. The summed E-state index contributed by atoms with van der Waals surface area (Å²) in [5, 5.41) is 0. The van der Waals surface area contributed by atoms with Gasteiger partial charge in [0, 0.05) is 0 Å². The highest BCUT2D eigenvalue weighted by molar-refractivity contribution is 5.48. The number of hydrogen-bond donors (Lipinski definition) is 1. The van der Waals surface area contributed by atoms with Gasteiger partial charge in [-0.1, -0.05) is 0 Å². The number of aromatic nitrogens is 2. The Bertz CT molecular complexity index is 249. The highest BCUT2D eigenvalue weighted by Gasteiger charge is 1.91. The van der Waals surface area contributed by atoms with Crippen molar-refractivity contribution in [1.82, 2.24) is 9.97 Å². The molecule has 0 saturated carbocycles. The van der Waals surface area contributed by atoms with Crippen LogP contribution in [0.5, 0.6) is 0 Å². The van der Waals surface area contributed by atoms with Crippen molar-refractivity contribution in [2.75, 3.05) is 5.73 Å². The fourth-order valence-electron chi connectivity index (χ4n) is 0.461. The molecule has 0 fully saturated rings. The van der Waals surface area contributed by atoms with E-state index in [1.165, 1.54) is 12.5 Å². The Hall–Kier alpha value is -1.56. The van der Waals surface area contributed by atoms with Crippen molar-refractivity contribution in [1.29, 1.82) is 0 Å². The van der Waals surface area contributed by atoms with Crippen molar-refractivity contribution in [2.45, 2.75) is 0 Å². The second-order valence-corrected chi connectivity index (χ2v) is 1.47. The molecule has 0 aliphatic heterocycles. The van der Waals surface area contributed by atoms with Crippen LogP contribution in [0.1, 0.15) is 5.69 Å². The first kappa shape index (κ1) is 5.57. The molecular weight excluding hydrogens is 114 g/mol. The number of terminal acetylenes is 1. The number of hydrogen-bond acceptors (Lipinski definition) is 3. The van der Waals surface area contributed by atoms with E-state index in [-0.39, 0.29) is 0 Å². The number of nitrogen functional groups attached to an aromatic ring is 1. The first-order valence-corrected chi connectivity index (χ1v) is 2.36. The van der Waals surface area contributed by atoms with Crippen molar-refractivity contribution in [3.05, 3.63) is 18.2 Å². The van der Waals surface area contributed by atoms with E-state index in [2.05, 4.69) is 15.9 Å². The highest BCUT2D eigenvalue weighted by Crippen LogP contribution is 2.00. The van der Waals surface area contributed by atoms with Crippen molar-refractivity contribution in [3.8, 4) is 12.3 Å². The Morgan fingerprint density at radius 1 is 1.67 bits per heavy atom. The zero-order valence-corrected chi connectivity index (χ0v) is 4.70. The third-order valence-corrected chi connectivity index (χ3v) is 0.877. The standard InChI is InChI=1S/C6H5N3/c1-2-6-5(7)3-8-4-9-6/h1,3-4H,7H2. The minimum atomic E-state index is 0.444. The quantitative estimate of drug-likeness (QED) is 0.490. The molecule has 3 nitrogen and oxygen atoms in total. The average Bonchev–Trinajstić information content (AvgIpc) is 1.89. The summed E-state index contributed by atoms with van der Waals surface area (Å²) in [4.78, 5) is 7.39. The van der Waals surface area contributed by atoms with Crippen LogP contribution in [0.3, 0.4) is 0 Å². The van der Waals surface area contributed by atoms with Gasteiger partial charge >= 0.3 is 0 Å². The lowest BCUT2D eigenvalue weighted by molar-refractivity contribution is 1.15. The normalized spacial score (nSPS) is 8.33. The van der Waals surface area contributed by atoms with E-state index >= 15 is 0 Å². The molecule has 1 heterocycles. The molecule has 0 amide bonds. The lowest BCUT2D eigenvalue weighted by atomic mass is 10.4. The van der Waals surface area contributed by atoms with Crippen LogP contribution in [-0.4, -0.2) is 9.97 Å². The van der Waals surface area contributed by atoms with Gasteiger partial charge in [0.25, 0.3) is 0 Å². The highest BCUT2D eigenvalue weighted by atomic mass is 14.8. The summed E-state index contributed by atoms with van der Waals surface area (Å²) in [5.41, 5.74) is 6.26. The van der Waals surface area contributed by atoms with E-state index in [4.69, 9.17) is 12.2 Å². The maximum Gasteiger partial charge on any atom is 0.139 e. The van der Waals surface area contributed by atoms with E-state index in [0.717, 1.165) is 0 Å². The SMILES string of the molecule is C#Cc1ncncc1N. The molecule has 0 aromatic carbocycles. The van der Waals surface area contributed by atoms with Gasteiger partial charge in [-0.15, -0.1) is 6.42 Å². The van der Waals surface area contributed by atoms with E-state index in [1.807, 2.05) is 0 Å².